The van der Waals surface area contributed by atoms with Gasteiger partial charge >= 0.3 is 11.9 Å². The van der Waals surface area contributed by atoms with Gasteiger partial charge in [0.25, 0.3) is 0 Å². The van der Waals surface area contributed by atoms with Gasteiger partial charge in [-0.25, -0.2) is 0 Å². The molecular formula is C10H12O4. The van der Waals surface area contributed by atoms with E-state index >= 15 is 0 Å². The molecule has 3 unspecified atom stereocenters. The van der Waals surface area contributed by atoms with Gasteiger partial charge in [0.1, 0.15) is 0 Å². The van der Waals surface area contributed by atoms with Crippen LogP contribution in [-0.4, -0.2) is 25.7 Å². The van der Waals surface area contributed by atoms with Crippen molar-refractivity contribution in [3.8, 4) is 0 Å². The predicted octanol–water partition coefficient (Wildman–Crippen LogP) is 0.525. The maximum atomic E-state index is 11.5. The minimum atomic E-state index is -1.01. The lowest BCUT2D eigenvalue weighted by Gasteiger charge is -2.08. The van der Waals surface area contributed by atoms with Crippen LogP contribution in [0, 0.1) is 17.3 Å². The third-order valence-corrected chi connectivity index (χ3v) is 3.09. The number of methoxy groups -OCH3 is 1. The molecule has 1 aliphatic heterocycles. The predicted molar refractivity (Wildman–Crippen MR) is 47.2 cm³/mol. The molecule has 2 fully saturated rings. The zero-order valence-electron chi connectivity index (χ0n) is 8.15. The molecule has 2 aliphatic rings. The Labute approximate surface area is 81.9 Å². The minimum Gasteiger partial charge on any atom is -0.468 e. The fraction of sp³-hybridized carbons (Fsp3) is 0.600. The fourth-order valence-corrected chi connectivity index (χ4v) is 2.33. The van der Waals surface area contributed by atoms with Gasteiger partial charge in [0.05, 0.1) is 13.7 Å². The lowest BCUT2D eigenvalue weighted by atomic mass is 10.0. The number of carbonyl (C=O) groups is 2. The van der Waals surface area contributed by atoms with Crippen LogP contribution in [0.15, 0.2) is 12.2 Å². The van der Waals surface area contributed by atoms with Crippen molar-refractivity contribution in [2.24, 2.45) is 17.3 Å². The molecule has 3 atom stereocenters. The Kier molecular flexibility index (Phi) is 1.87. The molecule has 76 valence electrons. The first-order chi connectivity index (χ1) is 6.69. The second kappa shape index (κ2) is 2.83. The fourth-order valence-electron chi connectivity index (χ4n) is 2.33. The highest BCUT2D eigenvalue weighted by atomic mass is 16.6. The maximum Gasteiger partial charge on any atom is 0.324 e. The molecule has 1 saturated carbocycles. The van der Waals surface area contributed by atoms with Crippen LogP contribution in [0.3, 0.4) is 0 Å². The van der Waals surface area contributed by atoms with Gasteiger partial charge in [-0.15, -0.1) is 0 Å². The SMILES string of the molecule is C/C=C/C1C2COC(=O)C12C(=O)OC. The van der Waals surface area contributed by atoms with Gasteiger partial charge in [-0.05, 0) is 6.92 Å². The molecule has 1 saturated heterocycles. The first-order valence-corrected chi connectivity index (χ1v) is 4.58. The number of cyclic esters (lactones) is 1. The molecule has 2 rings (SSSR count). The molecule has 1 aliphatic carbocycles. The number of hydrogen-bond acceptors (Lipinski definition) is 4. The molecule has 0 aromatic carbocycles. The summed E-state index contributed by atoms with van der Waals surface area (Å²) in [6.45, 7) is 2.20. The molecule has 0 radical (unpaired) electrons. The van der Waals surface area contributed by atoms with E-state index in [0.717, 1.165) is 0 Å². The maximum absolute atomic E-state index is 11.5. The van der Waals surface area contributed by atoms with Crippen LogP contribution >= 0.6 is 0 Å². The largest absolute Gasteiger partial charge is 0.468 e. The Morgan fingerprint density at radius 3 is 3.00 bits per heavy atom. The molecule has 0 bridgehead atoms. The van der Waals surface area contributed by atoms with Crippen molar-refractivity contribution in [2.45, 2.75) is 6.92 Å². The van der Waals surface area contributed by atoms with Gasteiger partial charge < -0.3 is 9.47 Å². The van der Waals surface area contributed by atoms with E-state index in [1.165, 1.54) is 7.11 Å². The quantitative estimate of drug-likeness (QED) is 0.367. The second-order valence-electron chi connectivity index (χ2n) is 3.62. The van der Waals surface area contributed by atoms with Crippen molar-refractivity contribution in [1.29, 1.82) is 0 Å². The van der Waals surface area contributed by atoms with Crippen LogP contribution < -0.4 is 0 Å². The molecule has 0 N–H and O–H groups in total. The summed E-state index contributed by atoms with van der Waals surface area (Å²) in [6, 6.07) is 0. The minimum absolute atomic E-state index is 0.0151. The average molecular weight is 196 g/mol. The van der Waals surface area contributed by atoms with E-state index in [1.807, 2.05) is 19.1 Å². The van der Waals surface area contributed by atoms with Crippen molar-refractivity contribution in [3.63, 3.8) is 0 Å². The molecule has 0 spiro atoms. The summed E-state index contributed by atoms with van der Waals surface area (Å²) in [6.07, 6.45) is 3.73. The van der Waals surface area contributed by atoms with E-state index in [9.17, 15) is 9.59 Å². The Morgan fingerprint density at radius 2 is 2.43 bits per heavy atom. The van der Waals surface area contributed by atoms with Crippen molar-refractivity contribution in [1.82, 2.24) is 0 Å². The number of ether oxygens (including phenoxy) is 2. The van der Waals surface area contributed by atoms with Crippen LogP contribution in [0.25, 0.3) is 0 Å². The lowest BCUT2D eigenvalue weighted by Crippen LogP contribution is -2.28. The number of fused-ring (bicyclic) bond motifs is 1. The van der Waals surface area contributed by atoms with Gasteiger partial charge in [0.15, 0.2) is 5.41 Å². The summed E-state index contributed by atoms with van der Waals surface area (Å²) >= 11 is 0. The van der Waals surface area contributed by atoms with Gasteiger partial charge in [-0.1, -0.05) is 12.2 Å². The highest BCUT2D eigenvalue weighted by molar-refractivity contribution is 6.06. The van der Waals surface area contributed by atoms with Crippen molar-refractivity contribution >= 4 is 11.9 Å². The first-order valence-electron chi connectivity index (χ1n) is 4.58. The Hall–Kier alpha value is -1.32. The van der Waals surface area contributed by atoms with Crippen LogP contribution in [0.5, 0.6) is 0 Å². The number of allylic oxidation sites excluding steroid dienone is 2. The molecule has 0 aromatic heterocycles. The number of hydrogen-bond donors (Lipinski definition) is 0. The van der Waals surface area contributed by atoms with Crippen LogP contribution in [0.4, 0.5) is 0 Å². The van der Waals surface area contributed by atoms with E-state index in [-0.39, 0.29) is 11.8 Å². The first kappa shape index (κ1) is 9.24. The van der Waals surface area contributed by atoms with E-state index < -0.39 is 17.4 Å². The Bertz CT molecular complexity index is 320. The number of rotatable bonds is 2. The summed E-state index contributed by atoms with van der Waals surface area (Å²) in [5, 5.41) is 0. The topological polar surface area (TPSA) is 52.6 Å². The molecular weight excluding hydrogens is 184 g/mol. The van der Waals surface area contributed by atoms with E-state index in [4.69, 9.17) is 4.74 Å². The van der Waals surface area contributed by atoms with Crippen molar-refractivity contribution < 1.29 is 19.1 Å². The number of esters is 2. The summed E-state index contributed by atoms with van der Waals surface area (Å²) in [7, 11) is 1.30. The molecule has 4 heteroatoms. The summed E-state index contributed by atoms with van der Waals surface area (Å²) in [4.78, 5) is 23.0. The van der Waals surface area contributed by atoms with Crippen LogP contribution in [0.2, 0.25) is 0 Å². The van der Waals surface area contributed by atoms with E-state index in [0.29, 0.717) is 6.61 Å². The number of carbonyl (C=O) groups excluding carboxylic acids is 2. The zero-order valence-corrected chi connectivity index (χ0v) is 8.15. The van der Waals surface area contributed by atoms with E-state index in [2.05, 4.69) is 4.74 Å². The normalized spacial score (nSPS) is 39.4. The lowest BCUT2D eigenvalue weighted by molar-refractivity contribution is -0.159. The molecule has 4 nitrogen and oxygen atoms in total. The summed E-state index contributed by atoms with van der Waals surface area (Å²) in [5.74, 6) is -0.939. The zero-order chi connectivity index (χ0) is 10.3. The third-order valence-electron chi connectivity index (χ3n) is 3.09. The van der Waals surface area contributed by atoms with Gasteiger partial charge in [0.2, 0.25) is 0 Å². The average Bonchev–Trinajstić information content (AvgIpc) is 2.69. The highest BCUT2D eigenvalue weighted by Crippen LogP contribution is 2.64. The van der Waals surface area contributed by atoms with Crippen LogP contribution in [-0.2, 0) is 19.1 Å². The Balaban J connectivity index is 2.30. The smallest absolute Gasteiger partial charge is 0.324 e. The highest BCUT2D eigenvalue weighted by Gasteiger charge is 2.79. The summed E-state index contributed by atoms with van der Waals surface area (Å²) in [5.41, 5.74) is -1.01. The van der Waals surface area contributed by atoms with Gasteiger partial charge in [0, 0.05) is 11.8 Å². The van der Waals surface area contributed by atoms with Crippen molar-refractivity contribution in [2.75, 3.05) is 13.7 Å². The molecule has 0 amide bonds. The summed E-state index contributed by atoms with van der Waals surface area (Å²) < 4.78 is 9.50. The molecule has 1 heterocycles. The Morgan fingerprint density at radius 1 is 1.71 bits per heavy atom. The van der Waals surface area contributed by atoms with Gasteiger partial charge in [-0.2, -0.15) is 0 Å². The van der Waals surface area contributed by atoms with Crippen molar-refractivity contribution in [3.05, 3.63) is 12.2 Å². The molecule has 0 aromatic rings. The standard InChI is InChI=1S/C10H12O4/c1-3-4-6-7-5-14-9(12)10(6,7)8(11)13-2/h3-4,6-7H,5H2,1-2H3/b4-3+. The third kappa shape index (κ3) is 0.832. The monoisotopic (exact) mass is 196 g/mol. The van der Waals surface area contributed by atoms with Gasteiger partial charge in [-0.3, -0.25) is 9.59 Å². The van der Waals surface area contributed by atoms with Crippen LogP contribution in [0.1, 0.15) is 6.92 Å². The molecule has 14 heavy (non-hydrogen) atoms. The van der Waals surface area contributed by atoms with E-state index in [1.54, 1.807) is 0 Å². The second-order valence-corrected chi connectivity index (χ2v) is 3.62.